The van der Waals surface area contributed by atoms with Gasteiger partial charge in [-0.15, -0.1) is 24.8 Å². The smallest absolute Gasteiger partial charge is 0.287 e. The molecule has 0 spiro atoms. The number of hydrogen-bond donors (Lipinski definition) is 2. The van der Waals surface area contributed by atoms with Gasteiger partial charge in [-0.3, -0.25) is 4.79 Å². The highest BCUT2D eigenvalue weighted by Crippen LogP contribution is 2.26. The molecule has 2 N–H and O–H groups in total. The Balaban J connectivity index is 0.00000144. The van der Waals surface area contributed by atoms with Crippen LogP contribution < -0.4 is 10.6 Å². The molecule has 1 atom stereocenters. The van der Waals surface area contributed by atoms with Crippen molar-refractivity contribution in [3.63, 3.8) is 0 Å². The lowest BCUT2D eigenvalue weighted by atomic mass is 10.1. The number of hydrogen-bond acceptors (Lipinski definition) is 4. The summed E-state index contributed by atoms with van der Waals surface area (Å²) in [6.45, 7) is 2.37. The van der Waals surface area contributed by atoms with Gasteiger partial charge in [-0.25, -0.2) is 0 Å². The molecule has 24 heavy (non-hydrogen) atoms. The van der Waals surface area contributed by atoms with Gasteiger partial charge in [0.2, 0.25) is 0 Å². The average Bonchev–Trinajstić information content (AvgIpc) is 3.13. The third-order valence-corrected chi connectivity index (χ3v) is 4.05. The van der Waals surface area contributed by atoms with E-state index < -0.39 is 0 Å². The van der Waals surface area contributed by atoms with Gasteiger partial charge in [0.25, 0.3) is 5.91 Å². The van der Waals surface area contributed by atoms with Crippen molar-refractivity contribution in [3.8, 4) is 0 Å². The zero-order valence-corrected chi connectivity index (χ0v) is 15.6. The molecule has 0 radical (unpaired) electrons. The molecule has 0 aliphatic carbocycles. The number of nitrogens with zero attached hydrogens (tertiary/aromatic N) is 1. The molecule has 1 aliphatic rings. The molecule has 2 heterocycles. The van der Waals surface area contributed by atoms with Crippen molar-refractivity contribution in [1.29, 1.82) is 0 Å². The standard InChI is InChI=1S/C17H23N3O2.2ClH/c1-20(2)11-14-13-7-3-4-8-15(13)22-16(14)17(21)19-10-12-6-5-9-18-12;;/h3-4,7-8,12,18H,5-6,9-11H2,1-2H3,(H,19,21);2*1H. The van der Waals surface area contributed by atoms with E-state index in [4.69, 9.17) is 4.42 Å². The zero-order valence-electron chi connectivity index (χ0n) is 14.0. The van der Waals surface area contributed by atoms with E-state index in [0.29, 0.717) is 24.9 Å². The Morgan fingerprint density at radius 1 is 1.33 bits per heavy atom. The summed E-state index contributed by atoms with van der Waals surface area (Å²) in [6, 6.07) is 8.19. The minimum Gasteiger partial charge on any atom is -0.451 e. The number of fused-ring (bicyclic) bond motifs is 1. The van der Waals surface area contributed by atoms with Crippen LogP contribution in [0.3, 0.4) is 0 Å². The maximum absolute atomic E-state index is 12.5. The van der Waals surface area contributed by atoms with Crippen molar-refractivity contribution >= 4 is 41.7 Å². The van der Waals surface area contributed by atoms with Crippen LogP contribution in [0.25, 0.3) is 11.0 Å². The summed E-state index contributed by atoms with van der Waals surface area (Å²) in [4.78, 5) is 14.6. The van der Waals surface area contributed by atoms with Crippen LogP contribution in [0.5, 0.6) is 0 Å². The fraction of sp³-hybridized carbons (Fsp3) is 0.471. The van der Waals surface area contributed by atoms with Crippen LogP contribution >= 0.6 is 24.8 Å². The predicted octanol–water partition coefficient (Wildman–Crippen LogP) is 2.82. The van der Waals surface area contributed by atoms with Crippen molar-refractivity contribution in [2.75, 3.05) is 27.2 Å². The third kappa shape index (κ3) is 4.63. The van der Waals surface area contributed by atoms with E-state index in [1.807, 2.05) is 43.3 Å². The number of furan rings is 1. The molecule has 134 valence electrons. The maximum atomic E-state index is 12.5. The molecule has 1 saturated heterocycles. The second-order valence-corrected chi connectivity index (χ2v) is 6.15. The molecule has 1 amide bonds. The fourth-order valence-electron chi connectivity index (χ4n) is 2.98. The number of benzene rings is 1. The highest BCUT2D eigenvalue weighted by atomic mass is 35.5. The maximum Gasteiger partial charge on any atom is 0.287 e. The lowest BCUT2D eigenvalue weighted by molar-refractivity contribution is 0.0922. The van der Waals surface area contributed by atoms with Gasteiger partial charge >= 0.3 is 0 Å². The Morgan fingerprint density at radius 2 is 2.08 bits per heavy atom. The molecule has 0 bridgehead atoms. The molecule has 3 rings (SSSR count). The van der Waals surface area contributed by atoms with Crippen LogP contribution in [0, 0.1) is 0 Å². The Morgan fingerprint density at radius 3 is 2.75 bits per heavy atom. The van der Waals surface area contributed by atoms with E-state index in [1.165, 1.54) is 6.42 Å². The van der Waals surface area contributed by atoms with E-state index >= 15 is 0 Å². The average molecular weight is 374 g/mol. The van der Waals surface area contributed by atoms with Crippen LogP contribution in [-0.2, 0) is 6.54 Å². The second kappa shape index (κ2) is 9.28. The first-order valence-corrected chi connectivity index (χ1v) is 7.82. The summed E-state index contributed by atoms with van der Waals surface area (Å²) in [5, 5.41) is 7.40. The zero-order chi connectivity index (χ0) is 15.5. The monoisotopic (exact) mass is 373 g/mol. The van der Waals surface area contributed by atoms with Crippen LogP contribution in [-0.4, -0.2) is 44.0 Å². The number of para-hydroxylation sites is 1. The summed E-state index contributed by atoms with van der Waals surface area (Å²) in [7, 11) is 3.98. The largest absolute Gasteiger partial charge is 0.451 e. The van der Waals surface area contributed by atoms with Crippen molar-refractivity contribution in [1.82, 2.24) is 15.5 Å². The normalized spacial score (nSPS) is 16.7. The van der Waals surface area contributed by atoms with Gasteiger partial charge in [0, 0.05) is 30.1 Å². The third-order valence-electron chi connectivity index (χ3n) is 4.05. The van der Waals surface area contributed by atoms with Gasteiger partial charge in [-0.1, -0.05) is 18.2 Å². The minimum absolute atomic E-state index is 0. The number of carbonyl (C=O) groups is 1. The first-order valence-electron chi connectivity index (χ1n) is 7.82. The summed E-state index contributed by atoms with van der Waals surface area (Å²) in [6.07, 6.45) is 2.29. The molecule has 1 aromatic carbocycles. The molecule has 7 heteroatoms. The lowest BCUT2D eigenvalue weighted by Crippen LogP contribution is -2.37. The number of amides is 1. The first kappa shape index (κ1) is 20.8. The summed E-state index contributed by atoms with van der Waals surface area (Å²) < 4.78 is 5.82. The van der Waals surface area contributed by atoms with Crippen molar-refractivity contribution in [2.45, 2.75) is 25.4 Å². The molecule has 1 aliphatic heterocycles. The number of halogens is 2. The van der Waals surface area contributed by atoms with Crippen LogP contribution in [0.2, 0.25) is 0 Å². The van der Waals surface area contributed by atoms with Gasteiger partial charge < -0.3 is 20.0 Å². The van der Waals surface area contributed by atoms with E-state index in [-0.39, 0.29) is 30.7 Å². The molecular weight excluding hydrogens is 349 g/mol. The van der Waals surface area contributed by atoms with E-state index in [0.717, 1.165) is 29.5 Å². The van der Waals surface area contributed by atoms with E-state index in [1.54, 1.807) is 0 Å². The van der Waals surface area contributed by atoms with Crippen LogP contribution in [0.1, 0.15) is 29.0 Å². The van der Waals surface area contributed by atoms with Gasteiger partial charge in [-0.05, 0) is 39.5 Å². The van der Waals surface area contributed by atoms with Gasteiger partial charge in [0.1, 0.15) is 5.58 Å². The summed E-state index contributed by atoms with van der Waals surface area (Å²) in [5.74, 6) is 0.314. The molecule has 5 nitrogen and oxygen atoms in total. The first-order chi connectivity index (χ1) is 10.6. The fourth-order valence-corrected chi connectivity index (χ4v) is 2.98. The molecule has 1 fully saturated rings. The van der Waals surface area contributed by atoms with Crippen molar-refractivity contribution < 1.29 is 9.21 Å². The van der Waals surface area contributed by atoms with Crippen LogP contribution in [0.4, 0.5) is 0 Å². The highest BCUT2D eigenvalue weighted by molar-refractivity contribution is 5.99. The Labute approximate surface area is 155 Å². The number of rotatable bonds is 5. The van der Waals surface area contributed by atoms with Gasteiger partial charge in [0.05, 0.1) is 0 Å². The second-order valence-electron chi connectivity index (χ2n) is 6.15. The summed E-state index contributed by atoms with van der Waals surface area (Å²) >= 11 is 0. The Kier molecular flexibility index (Phi) is 8.03. The molecule has 1 unspecified atom stereocenters. The number of carbonyl (C=O) groups excluding carboxylic acids is 1. The molecule has 2 aromatic rings. The van der Waals surface area contributed by atoms with Gasteiger partial charge in [0.15, 0.2) is 5.76 Å². The molecular formula is C17H25Cl2N3O2. The number of nitrogens with one attached hydrogen (secondary N) is 2. The topological polar surface area (TPSA) is 57.5 Å². The predicted molar refractivity (Wildman–Crippen MR) is 101 cm³/mol. The Bertz CT molecular complexity index is 667. The van der Waals surface area contributed by atoms with E-state index in [2.05, 4.69) is 10.6 Å². The quantitative estimate of drug-likeness (QED) is 0.845. The van der Waals surface area contributed by atoms with Crippen molar-refractivity contribution in [2.24, 2.45) is 0 Å². The Hall–Kier alpha value is -1.27. The lowest BCUT2D eigenvalue weighted by Gasteiger charge is -2.12. The highest BCUT2D eigenvalue weighted by Gasteiger charge is 2.22. The minimum atomic E-state index is -0.123. The summed E-state index contributed by atoms with van der Waals surface area (Å²) in [5.41, 5.74) is 1.72. The van der Waals surface area contributed by atoms with Gasteiger partial charge in [-0.2, -0.15) is 0 Å². The molecule has 0 saturated carbocycles. The van der Waals surface area contributed by atoms with E-state index in [9.17, 15) is 4.79 Å². The van der Waals surface area contributed by atoms with Crippen LogP contribution in [0.15, 0.2) is 28.7 Å². The van der Waals surface area contributed by atoms with Crippen molar-refractivity contribution in [3.05, 3.63) is 35.6 Å². The molecule has 1 aromatic heterocycles. The SMILES string of the molecule is CN(C)Cc1c(C(=O)NCC2CCCN2)oc2ccccc12.Cl.Cl.